The molecule has 1 aromatic rings. The van der Waals surface area contributed by atoms with Gasteiger partial charge in [-0.3, -0.25) is 9.63 Å². The third kappa shape index (κ3) is 4.51. The maximum absolute atomic E-state index is 12.2. The molecular formula is C14H22N2O5S. The van der Waals surface area contributed by atoms with Crippen LogP contribution in [-0.4, -0.2) is 65.2 Å². The molecule has 7 nitrogen and oxygen atoms in total. The van der Waals surface area contributed by atoms with E-state index < -0.39 is 10.0 Å². The molecule has 0 fully saturated rings. The zero-order chi connectivity index (χ0) is 16.8. The Labute approximate surface area is 131 Å². The second-order valence-corrected chi connectivity index (χ2v) is 6.63. The van der Waals surface area contributed by atoms with Gasteiger partial charge >= 0.3 is 0 Å². The number of carbonyl (C=O) groups excluding carboxylic acids is 1. The zero-order valence-corrected chi connectivity index (χ0v) is 14.1. The van der Waals surface area contributed by atoms with E-state index >= 15 is 0 Å². The van der Waals surface area contributed by atoms with Crippen LogP contribution >= 0.6 is 0 Å². The summed E-state index contributed by atoms with van der Waals surface area (Å²) in [6.45, 7) is 1.15. The van der Waals surface area contributed by atoms with Crippen LogP contribution in [0, 0.1) is 0 Å². The van der Waals surface area contributed by atoms with Crippen LogP contribution < -0.4 is 0 Å². The molecule has 0 radical (unpaired) electrons. The van der Waals surface area contributed by atoms with E-state index in [1.807, 2.05) is 0 Å². The number of benzene rings is 1. The van der Waals surface area contributed by atoms with E-state index in [1.54, 1.807) is 19.1 Å². The summed E-state index contributed by atoms with van der Waals surface area (Å²) in [5, 5.41) is 0. The molecule has 0 atom stereocenters. The number of methoxy groups -OCH3 is 1. The second-order valence-electron chi connectivity index (χ2n) is 4.69. The SMILES string of the molecule is COCCCN(C)C(=O)c1ccc(S(=O)(=O)N(C)OC)cc1. The number of sulfonamides is 1. The van der Waals surface area contributed by atoms with Gasteiger partial charge in [-0.15, -0.1) is 0 Å². The van der Waals surface area contributed by atoms with Crippen molar-refractivity contribution >= 4 is 15.9 Å². The van der Waals surface area contributed by atoms with Gasteiger partial charge in [-0.25, -0.2) is 8.42 Å². The number of hydroxylamine groups is 1. The van der Waals surface area contributed by atoms with Crippen molar-refractivity contribution in [1.29, 1.82) is 0 Å². The predicted octanol–water partition coefficient (Wildman–Crippen LogP) is 0.977. The molecule has 0 aliphatic heterocycles. The lowest BCUT2D eigenvalue weighted by Gasteiger charge is -2.17. The lowest BCUT2D eigenvalue weighted by molar-refractivity contribution is -0.0258. The van der Waals surface area contributed by atoms with Crippen molar-refractivity contribution in [2.75, 3.05) is 41.5 Å². The number of carbonyl (C=O) groups is 1. The van der Waals surface area contributed by atoms with E-state index in [-0.39, 0.29) is 10.8 Å². The minimum absolute atomic E-state index is 0.0652. The van der Waals surface area contributed by atoms with E-state index in [0.29, 0.717) is 18.7 Å². The van der Waals surface area contributed by atoms with Gasteiger partial charge in [-0.1, -0.05) is 4.47 Å². The summed E-state index contributed by atoms with van der Waals surface area (Å²) in [5.41, 5.74) is 0.430. The van der Waals surface area contributed by atoms with Crippen LogP contribution in [0.3, 0.4) is 0 Å². The molecule has 0 aliphatic rings. The van der Waals surface area contributed by atoms with Gasteiger partial charge in [-0.05, 0) is 30.7 Å². The van der Waals surface area contributed by atoms with Gasteiger partial charge in [-0.2, -0.15) is 0 Å². The molecule has 0 heterocycles. The van der Waals surface area contributed by atoms with Crippen molar-refractivity contribution < 1.29 is 22.8 Å². The highest BCUT2D eigenvalue weighted by Gasteiger charge is 2.21. The largest absolute Gasteiger partial charge is 0.385 e. The number of amides is 1. The Morgan fingerprint density at radius 1 is 1.14 bits per heavy atom. The first-order valence-corrected chi connectivity index (χ1v) is 8.16. The number of ether oxygens (including phenoxy) is 1. The monoisotopic (exact) mass is 330 g/mol. The average Bonchev–Trinajstić information content (AvgIpc) is 2.53. The maximum Gasteiger partial charge on any atom is 0.264 e. The lowest BCUT2D eigenvalue weighted by atomic mass is 10.2. The average molecular weight is 330 g/mol. The highest BCUT2D eigenvalue weighted by molar-refractivity contribution is 7.89. The molecule has 0 saturated carbocycles. The molecule has 8 heteroatoms. The number of hydrogen-bond acceptors (Lipinski definition) is 5. The fourth-order valence-corrected chi connectivity index (χ4v) is 2.76. The summed E-state index contributed by atoms with van der Waals surface area (Å²) in [4.78, 5) is 18.5. The molecular weight excluding hydrogens is 308 g/mol. The third-order valence-corrected chi connectivity index (χ3v) is 4.88. The van der Waals surface area contributed by atoms with Crippen molar-refractivity contribution in [3.8, 4) is 0 Å². The minimum Gasteiger partial charge on any atom is -0.385 e. The summed E-state index contributed by atoms with van der Waals surface area (Å²) in [6.07, 6.45) is 0.740. The molecule has 22 heavy (non-hydrogen) atoms. The van der Waals surface area contributed by atoms with E-state index in [4.69, 9.17) is 9.57 Å². The van der Waals surface area contributed by atoms with Gasteiger partial charge in [0.25, 0.3) is 15.9 Å². The second kappa shape index (κ2) is 8.23. The van der Waals surface area contributed by atoms with Crippen molar-refractivity contribution in [3.63, 3.8) is 0 Å². The minimum atomic E-state index is -3.70. The van der Waals surface area contributed by atoms with Crippen LogP contribution in [0.15, 0.2) is 29.2 Å². The molecule has 0 saturated heterocycles. The summed E-state index contributed by atoms with van der Waals surface area (Å²) in [7, 11) is 2.18. The summed E-state index contributed by atoms with van der Waals surface area (Å²) in [5.74, 6) is -0.167. The third-order valence-electron chi connectivity index (χ3n) is 3.18. The summed E-state index contributed by atoms with van der Waals surface area (Å²) >= 11 is 0. The number of nitrogens with zero attached hydrogens (tertiary/aromatic N) is 2. The topological polar surface area (TPSA) is 76.2 Å². The Balaban J connectivity index is 2.82. The van der Waals surface area contributed by atoms with Gasteiger partial charge in [0.15, 0.2) is 0 Å². The standard InChI is InChI=1S/C14H22N2O5S/c1-15(10-5-11-20-3)14(17)12-6-8-13(9-7-12)22(18,19)16(2)21-4/h6-9H,5,10-11H2,1-4H3. The van der Waals surface area contributed by atoms with Gasteiger partial charge in [0.1, 0.15) is 0 Å². The van der Waals surface area contributed by atoms with Crippen molar-refractivity contribution in [3.05, 3.63) is 29.8 Å². The van der Waals surface area contributed by atoms with Crippen LogP contribution in [0.1, 0.15) is 16.8 Å². The van der Waals surface area contributed by atoms with Crippen LogP contribution in [0.25, 0.3) is 0 Å². The molecule has 0 spiro atoms. The van der Waals surface area contributed by atoms with Crippen LogP contribution in [0.5, 0.6) is 0 Å². The first-order valence-electron chi connectivity index (χ1n) is 6.72. The van der Waals surface area contributed by atoms with Crippen molar-refractivity contribution in [1.82, 2.24) is 9.37 Å². The molecule has 1 amide bonds. The Hall–Kier alpha value is -1.48. The number of hydrogen-bond donors (Lipinski definition) is 0. The zero-order valence-electron chi connectivity index (χ0n) is 13.3. The molecule has 124 valence electrons. The van der Waals surface area contributed by atoms with E-state index in [1.165, 1.54) is 38.4 Å². The van der Waals surface area contributed by atoms with E-state index in [9.17, 15) is 13.2 Å². The molecule has 1 rings (SSSR count). The fourth-order valence-electron chi connectivity index (χ4n) is 1.78. The fraction of sp³-hybridized carbons (Fsp3) is 0.500. The van der Waals surface area contributed by atoms with Crippen LogP contribution in [0.4, 0.5) is 0 Å². The highest BCUT2D eigenvalue weighted by atomic mass is 32.2. The van der Waals surface area contributed by atoms with Crippen LogP contribution in [0.2, 0.25) is 0 Å². The van der Waals surface area contributed by atoms with E-state index in [2.05, 4.69) is 0 Å². The molecule has 1 aromatic carbocycles. The van der Waals surface area contributed by atoms with Gasteiger partial charge < -0.3 is 9.64 Å². The lowest BCUT2D eigenvalue weighted by Crippen LogP contribution is -2.28. The van der Waals surface area contributed by atoms with Crippen molar-refractivity contribution in [2.24, 2.45) is 0 Å². The Morgan fingerprint density at radius 3 is 2.23 bits per heavy atom. The van der Waals surface area contributed by atoms with Crippen molar-refractivity contribution in [2.45, 2.75) is 11.3 Å². The summed E-state index contributed by atoms with van der Waals surface area (Å²) < 4.78 is 29.8. The van der Waals surface area contributed by atoms with E-state index in [0.717, 1.165) is 10.9 Å². The molecule has 0 aliphatic carbocycles. The quantitative estimate of drug-likeness (QED) is 0.524. The first kappa shape index (κ1) is 18.6. The van der Waals surface area contributed by atoms with Gasteiger partial charge in [0.05, 0.1) is 12.0 Å². The first-order chi connectivity index (χ1) is 10.3. The Kier molecular flexibility index (Phi) is 6.95. The Bertz CT molecular complexity index is 586. The summed E-state index contributed by atoms with van der Waals surface area (Å²) in [6, 6.07) is 5.76. The highest BCUT2D eigenvalue weighted by Crippen LogP contribution is 2.16. The molecule has 0 bridgehead atoms. The smallest absolute Gasteiger partial charge is 0.264 e. The number of rotatable bonds is 8. The van der Waals surface area contributed by atoms with Gasteiger partial charge in [0, 0.05) is 39.9 Å². The predicted molar refractivity (Wildman–Crippen MR) is 81.9 cm³/mol. The van der Waals surface area contributed by atoms with Gasteiger partial charge in [0.2, 0.25) is 0 Å². The molecule has 0 unspecified atom stereocenters. The van der Waals surface area contributed by atoms with Crippen LogP contribution in [-0.2, 0) is 19.6 Å². The normalized spacial score (nSPS) is 11.7. The Morgan fingerprint density at radius 2 is 1.73 bits per heavy atom. The molecule has 0 N–H and O–H groups in total. The maximum atomic E-state index is 12.2. The molecule has 0 aromatic heterocycles.